The molecule has 0 aromatic heterocycles. The molecule has 5 heteroatoms. The van der Waals surface area contributed by atoms with Gasteiger partial charge in [-0.15, -0.1) is 0 Å². The van der Waals surface area contributed by atoms with Crippen LogP contribution in [0.4, 0.5) is 5.69 Å². The van der Waals surface area contributed by atoms with Crippen molar-refractivity contribution in [3.63, 3.8) is 0 Å². The molecule has 1 amide bonds. The number of anilines is 1. The summed E-state index contributed by atoms with van der Waals surface area (Å²) in [5, 5.41) is 15.1. The van der Waals surface area contributed by atoms with Gasteiger partial charge in [-0.3, -0.25) is 4.79 Å². The van der Waals surface area contributed by atoms with Gasteiger partial charge in [0.2, 0.25) is 5.91 Å². The SMILES string of the molecule is CC(C)[C@H](NC(=O)C1CCNc2ccccc21)C(=O)O. The van der Waals surface area contributed by atoms with Gasteiger partial charge in [0.25, 0.3) is 0 Å². The van der Waals surface area contributed by atoms with Crippen molar-refractivity contribution in [2.75, 3.05) is 11.9 Å². The Morgan fingerprint density at radius 1 is 1.35 bits per heavy atom. The van der Waals surface area contributed by atoms with Crippen molar-refractivity contribution in [2.45, 2.75) is 32.2 Å². The highest BCUT2D eigenvalue weighted by atomic mass is 16.4. The highest BCUT2D eigenvalue weighted by molar-refractivity contribution is 5.89. The second-order valence-electron chi connectivity index (χ2n) is 5.42. The van der Waals surface area contributed by atoms with E-state index in [1.165, 1.54) is 0 Å². The van der Waals surface area contributed by atoms with Gasteiger partial charge in [-0.1, -0.05) is 32.0 Å². The van der Waals surface area contributed by atoms with Crippen molar-refractivity contribution in [3.05, 3.63) is 29.8 Å². The largest absolute Gasteiger partial charge is 0.480 e. The highest BCUT2D eigenvalue weighted by Gasteiger charge is 2.30. The number of carbonyl (C=O) groups is 2. The third-order valence-electron chi connectivity index (χ3n) is 3.63. The van der Waals surface area contributed by atoms with Gasteiger partial charge in [-0.2, -0.15) is 0 Å². The van der Waals surface area contributed by atoms with Gasteiger partial charge in [0, 0.05) is 12.2 Å². The zero-order valence-corrected chi connectivity index (χ0v) is 11.7. The summed E-state index contributed by atoms with van der Waals surface area (Å²) in [4.78, 5) is 23.6. The summed E-state index contributed by atoms with van der Waals surface area (Å²) in [6.07, 6.45) is 0.674. The maximum absolute atomic E-state index is 12.4. The minimum Gasteiger partial charge on any atom is -0.480 e. The summed E-state index contributed by atoms with van der Waals surface area (Å²) in [5.74, 6) is -1.63. The lowest BCUT2D eigenvalue weighted by Gasteiger charge is -2.27. The zero-order chi connectivity index (χ0) is 14.7. The van der Waals surface area contributed by atoms with Crippen molar-refractivity contribution in [1.82, 2.24) is 5.32 Å². The number of benzene rings is 1. The van der Waals surface area contributed by atoms with Gasteiger partial charge in [0.05, 0.1) is 5.92 Å². The summed E-state index contributed by atoms with van der Waals surface area (Å²) < 4.78 is 0. The van der Waals surface area contributed by atoms with Crippen molar-refractivity contribution in [2.24, 2.45) is 5.92 Å². The van der Waals surface area contributed by atoms with Gasteiger partial charge < -0.3 is 15.7 Å². The molecule has 0 saturated carbocycles. The van der Waals surface area contributed by atoms with E-state index in [1.807, 2.05) is 24.3 Å². The van der Waals surface area contributed by atoms with Crippen LogP contribution in [0.2, 0.25) is 0 Å². The first-order valence-electron chi connectivity index (χ1n) is 6.86. The summed E-state index contributed by atoms with van der Waals surface area (Å²) >= 11 is 0. The van der Waals surface area contributed by atoms with Gasteiger partial charge in [0.1, 0.15) is 6.04 Å². The summed E-state index contributed by atoms with van der Waals surface area (Å²) in [6, 6.07) is 6.82. The fourth-order valence-electron chi connectivity index (χ4n) is 2.51. The molecule has 0 fully saturated rings. The van der Waals surface area contributed by atoms with Crippen LogP contribution in [0.15, 0.2) is 24.3 Å². The molecule has 1 aromatic carbocycles. The summed E-state index contributed by atoms with van der Waals surface area (Å²) in [7, 11) is 0. The van der Waals surface area contributed by atoms with Crippen LogP contribution in [0.3, 0.4) is 0 Å². The predicted molar refractivity (Wildman–Crippen MR) is 76.7 cm³/mol. The average molecular weight is 276 g/mol. The molecule has 0 radical (unpaired) electrons. The molecule has 108 valence electrons. The third-order valence-corrected chi connectivity index (χ3v) is 3.63. The fraction of sp³-hybridized carbons (Fsp3) is 0.467. The number of amides is 1. The normalized spacial score (nSPS) is 18.9. The Kier molecular flexibility index (Phi) is 4.27. The molecular weight excluding hydrogens is 256 g/mol. The number of carbonyl (C=O) groups excluding carboxylic acids is 1. The topological polar surface area (TPSA) is 78.4 Å². The van der Waals surface area contributed by atoms with Gasteiger partial charge in [0.15, 0.2) is 0 Å². The van der Waals surface area contributed by atoms with Crippen molar-refractivity contribution in [3.8, 4) is 0 Å². The Balaban J connectivity index is 2.16. The molecule has 1 aromatic rings. The van der Waals surface area contributed by atoms with Crippen LogP contribution < -0.4 is 10.6 Å². The minimum absolute atomic E-state index is 0.145. The van der Waals surface area contributed by atoms with E-state index in [4.69, 9.17) is 5.11 Å². The van der Waals surface area contributed by atoms with Crippen molar-refractivity contribution >= 4 is 17.6 Å². The molecule has 20 heavy (non-hydrogen) atoms. The number of fused-ring (bicyclic) bond motifs is 1. The van der Waals surface area contributed by atoms with Crippen molar-refractivity contribution < 1.29 is 14.7 Å². The molecule has 0 bridgehead atoms. The maximum Gasteiger partial charge on any atom is 0.326 e. The quantitative estimate of drug-likeness (QED) is 0.783. The Bertz CT molecular complexity index is 514. The number of carboxylic acid groups (broad SMARTS) is 1. The molecule has 0 saturated heterocycles. The molecule has 3 N–H and O–H groups in total. The fourth-order valence-corrected chi connectivity index (χ4v) is 2.51. The minimum atomic E-state index is -0.990. The van der Waals surface area contributed by atoms with Crippen LogP contribution in [-0.2, 0) is 9.59 Å². The molecular formula is C15H20N2O3. The van der Waals surface area contributed by atoms with E-state index in [0.29, 0.717) is 13.0 Å². The zero-order valence-electron chi connectivity index (χ0n) is 11.7. The second kappa shape index (κ2) is 5.94. The van der Waals surface area contributed by atoms with Crippen LogP contribution in [0.5, 0.6) is 0 Å². The average Bonchev–Trinajstić information content (AvgIpc) is 2.43. The first-order valence-corrected chi connectivity index (χ1v) is 6.86. The monoisotopic (exact) mass is 276 g/mol. The van der Waals surface area contributed by atoms with Crippen LogP contribution in [-0.4, -0.2) is 29.6 Å². The van der Waals surface area contributed by atoms with Crippen LogP contribution in [0.25, 0.3) is 0 Å². The van der Waals surface area contributed by atoms with Crippen LogP contribution in [0.1, 0.15) is 31.7 Å². The smallest absolute Gasteiger partial charge is 0.326 e. The predicted octanol–water partition coefficient (Wildman–Crippen LogP) is 1.81. The van der Waals surface area contributed by atoms with E-state index >= 15 is 0 Å². The lowest BCUT2D eigenvalue weighted by atomic mass is 9.89. The standard InChI is InChI=1S/C15H20N2O3/c1-9(2)13(15(19)20)17-14(18)11-7-8-16-12-6-4-3-5-10(11)12/h3-6,9,11,13,16H,7-8H2,1-2H3,(H,17,18)(H,19,20)/t11?,13-/m0/s1. The third kappa shape index (κ3) is 2.92. The van der Waals surface area contributed by atoms with E-state index in [2.05, 4.69) is 10.6 Å². The van der Waals surface area contributed by atoms with Crippen molar-refractivity contribution in [1.29, 1.82) is 0 Å². The van der Waals surface area contributed by atoms with E-state index in [0.717, 1.165) is 11.3 Å². The van der Waals surface area contributed by atoms with E-state index < -0.39 is 12.0 Å². The van der Waals surface area contributed by atoms with Gasteiger partial charge in [-0.05, 0) is 24.0 Å². The first-order chi connectivity index (χ1) is 9.50. The number of aliphatic carboxylic acids is 1. The molecule has 1 unspecified atom stereocenters. The molecule has 2 atom stereocenters. The molecule has 0 aliphatic carbocycles. The van der Waals surface area contributed by atoms with Crippen LogP contribution >= 0.6 is 0 Å². The second-order valence-corrected chi connectivity index (χ2v) is 5.42. The highest BCUT2D eigenvalue weighted by Crippen LogP contribution is 2.31. The molecule has 1 aliphatic heterocycles. The number of hydrogen-bond donors (Lipinski definition) is 3. The maximum atomic E-state index is 12.4. The Morgan fingerprint density at radius 2 is 2.05 bits per heavy atom. The molecule has 2 rings (SSSR count). The number of para-hydroxylation sites is 1. The lowest BCUT2D eigenvalue weighted by Crippen LogP contribution is -2.46. The number of carboxylic acids is 1. The van der Waals surface area contributed by atoms with E-state index in [9.17, 15) is 9.59 Å². The Hall–Kier alpha value is -2.04. The summed E-state index contributed by atoms with van der Waals surface area (Å²) in [5.41, 5.74) is 1.89. The number of hydrogen-bond acceptors (Lipinski definition) is 3. The number of rotatable bonds is 4. The molecule has 5 nitrogen and oxygen atoms in total. The van der Waals surface area contributed by atoms with Gasteiger partial charge >= 0.3 is 5.97 Å². The Morgan fingerprint density at radius 3 is 2.70 bits per heavy atom. The van der Waals surface area contributed by atoms with E-state index in [1.54, 1.807) is 13.8 Å². The molecule has 1 aliphatic rings. The Labute approximate surface area is 118 Å². The molecule has 1 heterocycles. The van der Waals surface area contributed by atoms with Crippen LogP contribution in [0, 0.1) is 5.92 Å². The van der Waals surface area contributed by atoms with Gasteiger partial charge in [-0.25, -0.2) is 4.79 Å². The lowest BCUT2D eigenvalue weighted by molar-refractivity contribution is -0.143. The molecule has 0 spiro atoms. The summed E-state index contributed by atoms with van der Waals surface area (Å²) in [6.45, 7) is 4.29. The van der Waals surface area contributed by atoms with E-state index in [-0.39, 0.29) is 17.7 Å². The first kappa shape index (κ1) is 14.4. The number of nitrogens with one attached hydrogen (secondary N) is 2.